The van der Waals surface area contributed by atoms with E-state index in [2.05, 4.69) is 54.4 Å². The number of nitrogens with one attached hydrogen (secondary N) is 1. The lowest BCUT2D eigenvalue weighted by molar-refractivity contribution is -0.123. The van der Waals surface area contributed by atoms with E-state index in [0.29, 0.717) is 6.42 Å². The predicted octanol–water partition coefficient (Wildman–Crippen LogP) is 6.31. The molecular weight excluding hydrogens is 446 g/mol. The van der Waals surface area contributed by atoms with E-state index in [4.69, 9.17) is 0 Å². The van der Waals surface area contributed by atoms with Crippen molar-refractivity contribution in [3.05, 3.63) is 102 Å². The van der Waals surface area contributed by atoms with Gasteiger partial charge in [-0.3, -0.25) is 9.59 Å². The number of carbonyl (C=O) groups excluding carboxylic acids is 2. The van der Waals surface area contributed by atoms with Crippen LogP contribution in [0.3, 0.4) is 0 Å². The van der Waals surface area contributed by atoms with Gasteiger partial charge < -0.3 is 15.1 Å². The molecule has 3 unspecified atom stereocenters. The standard InChI is InChI=1S/C31H33N3O2/c1-4-33(5-2)25-17-15-22(16-18-25)24-19-27-30(29(36)20-24)31(23-11-7-6-8-12-23)34(21(3)35)28-14-10-9-13-26(28)32-27/h6-19,24,30-32H,4-5,20H2,1-3H3. The SMILES string of the molecule is CCN(CC)c1ccc(C2C=C3Nc4ccccc4N(C(C)=O)C(c4ccccc4)C3C(=O)C2)cc1. The van der Waals surface area contributed by atoms with Crippen molar-refractivity contribution in [3.63, 3.8) is 0 Å². The fourth-order valence-electron chi connectivity index (χ4n) is 5.70. The van der Waals surface area contributed by atoms with Gasteiger partial charge >= 0.3 is 0 Å². The number of hydrogen-bond acceptors (Lipinski definition) is 4. The van der Waals surface area contributed by atoms with Crippen molar-refractivity contribution in [3.8, 4) is 0 Å². The van der Waals surface area contributed by atoms with Gasteiger partial charge in [-0.25, -0.2) is 0 Å². The predicted molar refractivity (Wildman–Crippen MR) is 146 cm³/mol. The summed E-state index contributed by atoms with van der Waals surface area (Å²) in [6.45, 7) is 7.81. The maximum absolute atomic E-state index is 13.9. The average Bonchev–Trinajstić information content (AvgIpc) is 3.05. The largest absolute Gasteiger partial charge is 0.372 e. The van der Waals surface area contributed by atoms with Crippen molar-refractivity contribution in [2.75, 3.05) is 28.2 Å². The summed E-state index contributed by atoms with van der Waals surface area (Å²) in [5.74, 6) is -0.420. The number of fused-ring (bicyclic) bond motifs is 2. The number of allylic oxidation sites excluding steroid dienone is 1. The van der Waals surface area contributed by atoms with Crippen molar-refractivity contribution in [2.24, 2.45) is 5.92 Å². The number of nitrogens with zero attached hydrogens (tertiary/aromatic N) is 2. The summed E-state index contributed by atoms with van der Waals surface area (Å²) in [5.41, 5.74) is 5.78. The van der Waals surface area contributed by atoms with Crippen molar-refractivity contribution >= 4 is 28.8 Å². The molecule has 3 aromatic rings. The number of ketones is 1. The zero-order valence-corrected chi connectivity index (χ0v) is 21.1. The summed E-state index contributed by atoms with van der Waals surface area (Å²) in [7, 11) is 0. The van der Waals surface area contributed by atoms with Crippen molar-refractivity contribution in [1.82, 2.24) is 0 Å². The van der Waals surface area contributed by atoms with Crippen LogP contribution in [0.25, 0.3) is 0 Å². The molecule has 5 heteroatoms. The van der Waals surface area contributed by atoms with Crippen LogP contribution < -0.4 is 15.1 Å². The molecule has 1 heterocycles. The smallest absolute Gasteiger partial charge is 0.224 e. The van der Waals surface area contributed by atoms with Crippen LogP contribution in [0.4, 0.5) is 17.1 Å². The van der Waals surface area contributed by atoms with Crippen LogP contribution in [0.15, 0.2) is 90.6 Å². The van der Waals surface area contributed by atoms with E-state index in [1.54, 1.807) is 11.8 Å². The van der Waals surface area contributed by atoms with Gasteiger partial charge in [-0.05, 0) is 49.2 Å². The fraction of sp³-hybridized carbons (Fsp3) is 0.290. The number of rotatable bonds is 5. The van der Waals surface area contributed by atoms with Gasteiger partial charge in [0.2, 0.25) is 5.91 Å². The Morgan fingerprint density at radius 3 is 2.25 bits per heavy atom. The zero-order chi connectivity index (χ0) is 25.2. The first-order chi connectivity index (χ1) is 17.5. The lowest BCUT2D eigenvalue weighted by Gasteiger charge is -2.37. The van der Waals surface area contributed by atoms with E-state index in [1.165, 1.54) is 5.69 Å². The highest BCUT2D eigenvalue weighted by Gasteiger charge is 2.44. The Morgan fingerprint density at radius 2 is 1.58 bits per heavy atom. The Kier molecular flexibility index (Phi) is 6.64. The first-order valence-electron chi connectivity index (χ1n) is 12.8. The Bertz CT molecular complexity index is 1280. The summed E-state index contributed by atoms with van der Waals surface area (Å²) in [6, 6.07) is 25.9. The molecule has 0 fully saturated rings. The Morgan fingerprint density at radius 1 is 0.917 bits per heavy atom. The summed E-state index contributed by atoms with van der Waals surface area (Å²) >= 11 is 0. The number of carbonyl (C=O) groups is 2. The molecule has 0 radical (unpaired) electrons. The van der Waals surface area contributed by atoms with Crippen molar-refractivity contribution in [1.29, 1.82) is 0 Å². The van der Waals surface area contributed by atoms with E-state index < -0.39 is 12.0 Å². The van der Waals surface area contributed by atoms with Crippen LogP contribution in [0, 0.1) is 5.92 Å². The Labute approximate surface area is 213 Å². The number of anilines is 3. The molecule has 1 amide bonds. The molecule has 2 aliphatic rings. The molecule has 5 rings (SSSR count). The second-order valence-corrected chi connectivity index (χ2v) is 9.53. The summed E-state index contributed by atoms with van der Waals surface area (Å²) < 4.78 is 0. The topological polar surface area (TPSA) is 52.6 Å². The van der Waals surface area contributed by atoms with Gasteiger partial charge in [0, 0.05) is 43.7 Å². The van der Waals surface area contributed by atoms with Crippen molar-refractivity contribution in [2.45, 2.75) is 39.2 Å². The van der Waals surface area contributed by atoms with Gasteiger partial charge in [0.05, 0.1) is 23.3 Å². The van der Waals surface area contributed by atoms with Gasteiger partial charge in [0.15, 0.2) is 0 Å². The normalized spacial score (nSPS) is 21.0. The molecular formula is C31H33N3O2. The van der Waals surface area contributed by atoms with Gasteiger partial charge in [-0.2, -0.15) is 0 Å². The molecule has 1 aliphatic heterocycles. The van der Waals surface area contributed by atoms with E-state index in [-0.39, 0.29) is 17.6 Å². The Hall–Kier alpha value is -3.86. The molecule has 3 aromatic carbocycles. The fourth-order valence-corrected chi connectivity index (χ4v) is 5.70. The number of Topliss-reactive ketones (excluding diaryl/α,β-unsaturated/α-hetero) is 1. The minimum atomic E-state index is -0.463. The van der Waals surface area contributed by atoms with Crippen LogP contribution in [0.5, 0.6) is 0 Å². The third-order valence-electron chi connectivity index (χ3n) is 7.45. The minimum Gasteiger partial charge on any atom is -0.372 e. The average molecular weight is 480 g/mol. The lowest BCUT2D eigenvalue weighted by atomic mass is 9.76. The molecule has 0 saturated heterocycles. The number of benzene rings is 3. The molecule has 5 nitrogen and oxygen atoms in total. The van der Waals surface area contributed by atoms with Crippen molar-refractivity contribution < 1.29 is 9.59 Å². The summed E-state index contributed by atoms with van der Waals surface area (Å²) in [4.78, 5) is 31.1. The second-order valence-electron chi connectivity index (χ2n) is 9.53. The second kappa shape index (κ2) is 10.0. The van der Waals surface area contributed by atoms with E-state index >= 15 is 0 Å². The van der Waals surface area contributed by atoms with Crippen LogP contribution >= 0.6 is 0 Å². The molecule has 3 atom stereocenters. The molecule has 36 heavy (non-hydrogen) atoms. The highest BCUT2D eigenvalue weighted by molar-refractivity contribution is 6.00. The molecule has 0 aromatic heterocycles. The van der Waals surface area contributed by atoms with Crippen LogP contribution in [-0.4, -0.2) is 24.8 Å². The minimum absolute atomic E-state index is 0.0190. The number of amides is 1. The highest BCUT2D eigenvalue weighted by Crippen LogP contribution is 2.47. The zero-order valence-electron chi connectivity index (χ0n) is 21.1. The lowest BCUT2D eigenvalue weighted by Crippen LogP contribution is -2.41. The van der Waals surface area contributed by atoms with Crippen LogP contribution in [0.2, 0.25) is 0 Å². The van der Waals surface area contributed by atoms with E-state index in [0.717, 1.165) is 41.3 Å². The quantitative estimate of drug-likeness (QED) is 0.466. The Balaban J connectivity index is 1.60. The number of hydrogen-bond donors (Lipinski definition) is 1. The number of para-hydroxylation sites is 2. The van der Waals surface area contributed by atoms with Gasteiger partial charge in [-0.15, -0.1) is 0 Å². The summed E-state index contributed by atoms with van der Waals surface area (Å²) in [6.07, 6.45) is 2.61. The first kappa shape index (κ1) is 23.9. The molecule has 1 N–H and O–H groups in total. The first-order valence-corrected chi connectivity index (χ1v) is 12.8. The van der Waals surface area contributed by atoms with Crippen LogP contribution in [0.1, 0.15) is 50.3 Å². The summed E-state index contributed by atoms with van der Waals surface area (Å²) in [5, 5.41) is 3.56. The molecule has 184 valence electrons. The van der Waals surface area contributed by atoms with Crippen LogP contribution in [-0.2, 0) is 9.59 Å². The molecule has 0 saturated carbocycles. The van der Waals surface area contributed by atoms with Gasteiger partial charge in [-0.1, -0.05) is 60.7 Å². The molecule has 1 aliphatic carbocycles. The maximum atomic E-state index is 13.9. The molecule has 0 bridgehead atoms. The highest BCUT2D eigenvalue weighted by atomic mass is 16.2. The molecule has 0 spiro atoms. The van der Waals surface area contributed by atoms with E-state index in [9.17, 15) is 9.59 Å². The van der Waals surface area contributed by atoms with E-state index in [1.807, 2.05) is 54.6 Å². The maximum Gasteiger partial charge on any atom is 0.224 e. The third kappa shape index (κ3) is 4.30. The third-order valence-corrected chi connectivity index (χ3v) is 7.45. The van der Waals surface area contributed by atoms with Gasteiger partial charge in [0.25, 0.3) is 0 Å². The van der Waals surface area contributed by atoms with Gasteiger partial charge in [0.1, 0.15) is 5.78 Å². The monoisotopic (exact) mass is 479 g/mol.